The Morgan fingerprint density at radius 1 is 0.977 bits per heavy atom. The standard InChI is InChI=1S/C37H55NO5/c1-23-11-14-32(38(21-23)35(41)42-22-26-9-7-6-8-10-26)24(2)34-33(40)20-31-29-13-12-27-19-28(43-25(3)39)15-17-36(27,4)30(29)16-18-37(31,34)5/h6-10,23-24,27-34,40H,11-22H2,1-5H3. The monoisotopic (exact) mass is 593 g/mol. The summed E-state index contributed by atoms with van der Waals surface area (Å²) in [7, 11) is 0. The third kappa shape index (κ3) is 5.64. The lowest BCUT2D eigenvalue weighted by Crippen LogP contribution is -2.56. The fourth-order valence-electron chi connectivity index (χ4n) is 11.5. The molecule has 1 saturated heterocycles. The number of fused-ring (bicyclic) bond motifs is 5. The van der Waals surface area contributed by atoms with E-state index in [1.165, 1.54) is 26.2 Å². The highest BCUT2D eigenvalue weighted by molar-refractivity contribution is 5.68. The third-order valence-electron chi connectivity index (χ3n) is 13.5. The molecule has 1 aliphatic heterocycles. The van der Waals surface area contributed by atoms with E-state index in [1.807, 2.05) is 35.2 Å². The first-order valence-corrected chi connectivity index (χ1v) is 17.3. The summed E-state index contributed by atoms with van der Waals surface area (Å²) in [5.74, 6) is 3.18. The molecule has 0 radical (unpaired) electrons. The second-order valence-electron chi connectivity index (χ2n) is 15.8. The van der Waals surface area contributed by atoms with Crippen LogP contribution in [0.25, 0.3) is 0 Å². The molecule has 43 heavy (non-hydrogen) atoms. The molecule has 5 aliphatic rings. The molecule has 5 fully saturated rings. The SMILES string of the molecule is CC(=O)OC1CCC2(C)C(CCC3C2CCC2(C)C3CC(O)C2C(C)C2CCC(C)CN2C(=O)OCc2ccccc2)C1. The highest BCUT2D eigenvalue weighted by Gasteiger charge is 2.63. The Hall–Kier alpha value is -2.08. The number of carbonyl (C=O) groups is 2. The Balaban J connectivity index is 1.17. The van der Waals surface area contributed by atoms with E-state index < -0.39 is 0 Å². The van der Waals surface area contributed by atoms with Gasteiger partial charge in [-0.25, -0.2) is 4.79 Å². The van der Waals surface area contributed by atoms with E-state index >= 15 is 0 Å². The lowest BCUT2D eigenvalue weighted by Gasteiger charge is -2.61. The molecule has 4 saturated carbocycles. The van der Waals surface area contributed by atoms with Crippen LogP contribution in [0.2, 0.25) is 0 Å². The molecular formula is C37H55NO5. The molecule has 1 aromatic carbocycles. The van der Waals surface area contributed by atoms with E-state index in [-0.39, 0.29) is 47.6 Å². The zero-order chi connectivity index (χ0) is 30.5. The second-order valence-corrected chi connectivity index (χ2v) is 15.8. The summed E-state index contributed by atoms with van der Waals surface area (Å²) in [6.45, 7) is 12.1. The van der Waals surface area contributed by atoms with Crippen molar-refractivity contribution >= 4 is 12.1 Å². The quantitative estimate of drug-likeness (QED) is 0.356. The lowest BCUT2D eigenvalue weighted by atomic mass is 9.44. The fraction of sp³-hybridized carbons (Fsp3) is 0.784. The molecule has 6 heteroatoms. The minimum Gasteiger partial charge on any atom is -0.463 e. The van der Waals surface area contributed by atoms with Crippen molar-refractivity contribution in [2.24, 2.45) is 52.3 Å². The molecule has 0 aromatic heterocycles. The molecule has 1 N–H and O–H groups in total. The molecule has 1 aromatic rings. The first kappa shape index (κ1) is 30.9. The van der Waals surface area contributed by atoms with Crippen LogP contribution in [0.3, 0.4) is 0 Å². The smallest absolute Gasteiger partial charge is 0.410 e. The topological polar surface area (TPSA) is 76.1 Å². The van der Waals surface area contributed by atoms with Gasteiger partial charge in [0.25, 0.3) is 0 Å². The van der Waals surface area contributed by atoms with Crippen molar-refractivity contribution in [2.45, 2.75) is 124 Å². The molecule has 0 spiro atoms. The molecule has 12 unspecified atom stereocenters. The zero-order valence-corrected chi connectivity index (χ0v) is 27.2. The molecule has 1 amide bonds. The van der Waals surface area contributed by atoms with Crippen LogP contribution in [0.1, 0.15) is 104 Å². The van der Waals surface area contributed by atoms with Gasteiger partial charge in [0.2, 0.25) is 0 Å². The van der Waals surface area contributed by atoms with Gasteiger partial charge in [0, 0.05) is 19.5 Å². The Bertz CT molecular complexity index is 1160. The van der Waals surface area contributed by atoms with E-state index in [1.54, 1.807) is 0 Å². The first-order chi connectivity index (χ1) is 20.5. The summed E-state index contributed by atoms with van der Waals surface area (Å²) >= 11 is 0. The maximum Gasteiger partial charge on any atom is 0.410 e. The number of likely N-dealkylation sites (tertiary alicyclic amines) is 1. The van der Waals surface area contributed by atoms with Crippen LogP contribution in [-0.2, 0) is 20.9 Å². The predicted molar refractivity (Wildman–Crippen MR) is 167 cm³/mol. The van der Waals surface area contributed by atoms with Crippen LogP contribution >= 0.6 is 0 Å². The minimum absolute atomic E-state index is 0.0834. The van der Waals surface area contributed by atoms with Crippen LogP contribution in [0, 0.1) is 52.3 Å². The maximum atomic E-state index is 13.5. The number of aliphatic hydroxyl groups excluding tert-OH is 1. The summed E-state index contributed by atoms with van der Waals surface area (Å²) in [5, 5.41) is 11.8. The first-order valence-electron chi connectivity index (χ1n) is 17.3. The number of aliphatic hydroxyl groups is 1. The second kappa shape index (κ2) is 12.0. The van der Waals surface area contributed by atoms with E-state index in [0.717, 1.165) is 57.1 Å². The number of esters is 1. The number of piperidine rings is 1. The largest absolute Gasteiger partial charge is 0.463 e. The molecule has 6 nitrogen and oxygen atoms in total. The highest BCUT2D eigenvalue weighted by atomic mass is 16.6. The molecule has 4 aliphatic carbocycles. The summed E-state index contributed by atoms with van der Waals surface area (Å²) in [4.78, 5) is 27.2. The number of carbonyl (C=O) groups excluding carboxylic acids is 2. The van der Waals surface area contributed by atoms with Crippen molar-refractivity contribution in [1.82, 2.24) is 4.90 Å². The molecular weight excluding hydrogens is 538 g/mol. The molecule has 238 valence electrons. The number of hydrogen-bond acceptors (Lipinski definition) is 5. The van der Waals surface area contributed by atoms with Gasteiger partial charge in [-0.2, -0.15) is 0 Å². The fourth-order valence-corrected chi connectivity index (χ4v) is 11.5. The third-order valence-corrected chi connectivity index (χ3v) is 13.5. The van der Waals surface area contributed by atoms with Crippen LogP contribution in [0.5, 0.6) is 0 Å². The van der Waals surface area contributed by atoms with Gasteiger partial charge in [-0.3, -0.25) is 4.79 Å². The van der Waals surface area contributed by atoms with Gasteiger partial charge in [-0.05, 0) is 122 Å². The Kier molecular flexibility index (Phi) is 8.65. The Morgan fingerprint density at radius 2 is 1.72 bits per heavy atom. The van der Waals surface area contributed by atoms with Crippen LogP contribution in [0.4, 0.5) is 4.79 Å². The Labute approximate surface area is 259 Å². The summed E-state index contributed by atoms with van der Waals surface area (Å²) in [6, 6.07) is 10.0. The summed E-state index contributed by atoms with van der Waals surface area (Å²) < 4.78 is 11.6. The Morgan fingerprint density at radius 3 is 2.47 bits per heavy atom. The average Bonchev–Trinajstić information content (AvgIpc) is 3.25. The van der Waals surface area contributed by atoms with E-state index in [2.05, 4.69) is 27.7 Å². The van der Waals surface area contributed by atoms with Gasteiger partial charge in [-0.1, -0.05) is 58.0 Å². The maximum absolute atomic E-state index is 13.5. The molecule has 12 atom stereocenters. The number of benzene rings is 1. The number of rotatable bonds is 5. The van der Waals surface area contributed by atoms with Gasteiger partial charge in [0.05, 0.1) is 6.10 Å². The minimum atomic E-state index is -0.324. The number of hydrogen-bond donors (Lipinski definition) is 1. The van der Waals surface area contributed by atoms with Gasteiger partial charge in [0.1, 0.15) is 12.7 Å². The van der Waals surface area contributed by atoms with Gasteiger partial charge in [0.15, 0.2) is 0 Å². The average molecular weight is 594 g/mol. The van der Waals surface area contributed by atoms with Gasteiger partial charge < -0.3 is 19.5 Å². The highest BCUT2D eigenvalue weighted by Crippen LogP contribution is 2.68. The molecule has 6 rings (SSSR count). The van der Waals surface area contributed by atoms with Crippen molar-refractivity contribution in [3.8, 4) is 0 Å². The zero-order valence-electron chi connectivity index (χ0n) is 27.2. The van der Waals surface area contributed by atoms with Crippen LogP contribution in [0.15, 0.2) is 30.3 Å². The number of ether oxygens (including phenoxy) is 2. The number of amides is 1. The van der Waals surface area contributed by atoms with Crippen LogP contribution < -0.4 is 0 Å². The normalized spacial score (nSPS) is 43.1. The van der Waals surface area contributed by atoms with Crippen molar-refractivity contribution in [3.05, 3.63) is 35.9 Å². The molecule has 0 bridgehead atoms. The number of nitrogens with zero attached hydrogens (tertiary/aromatic N) is 1. The summed E-state index contributed by atoms with van der Waals surface area (Å²) in [5.41, 5.74) is 1.39. The van der Waals surface area contributed by atoms with E-state index in [0.29, 0.717) is 41.6 Å². The van der Waals surface area contributed by atoms with Crippen LogP contribution in [-0.4, -0.2) is 46.9 Å². The van der Waals surface area contributed by atoms with Gasteiger partial charge in [-0.15, -0.1) is 0 Å². The summed E-state index contributed by atoms with van der Waals surface area (Å²) in [6.07, 6.45) is 10.5. The van der Waals surface area contributed by atoms with Crippen molar-refractivity contribution in [3.63, 3.8) is 0 Å². The lowest BCUT2D eigenvalue weighted by molar-refractivity contribution is -0.161. The van der Waals surface area contributed by atoms with Crippen molar-refractivity contribution < 1.29 is 24.2 Å². The van der Waals surface area contributed by atoms with E-state index in [4.69, 9.17) is 9.47 Å². The van der Waals surface area contributed by atoms with Gasteiger partial charge >= 0.3 is 12.1 Å². The molecule has 1 heterocycles. The van der Waals surface area contributed by atoms with E-state index in [9.17, 15) is 14.7 Å². The van der Waals surface area contributed by atoms with Crippen molar-refractivity contribution in [2.75, 3.05) is 6.54 Å². The predicted octanol–water partition coefficient (Wildman–Crippen LogP) is 7.62. The van der Waals surface area contributed by atoms with Crippen molar-refractivity contribution in [1.29, 1.82) is 0 Å².